The maximum absolute atomic E-state index is 12.3. The Labute approximate surface area is 148 Å². The van der Waals surface area contributed by atoms with Crippen molar-refractivity contribution in [2.45, 2.75) is 45.6 Å². The molecule has 0 saturated carbocycles. The minimum absolute atomic E-state index is 0.0382. The van der Waals surface area contributed by atoms with Gasteiger partial charge in [0.1, 0.15) is 11.3 Å². The van der Waals surface area contributed by atoms with Crippen LogP contribution in [0.4, 0.5) is 0 Å². The van der Waals surface area contributed by atoms with E-state index in [4.69, 9.17) is 0 Å². The van der Waals surface area contributed by atoms with E-state index in [1.165, 1.54) is 0 Å². The monoisotopic (exact) mass is 341 g/mol. The lowest BCUT2D eigenvalue weighted by atomic mass is 9.85. The second-order valence-corrected chi connectivity index (χ2v) is 6.93. The number of benzene rings is 1. The molecule has 2 atom stereocenters. The van der Waals surface area contributed by atoms with Gasteiger partial charge < -0.3 is 15.7 Å². The van der Waals surface area contributed by atoms with Gasteiger partial charge in [0.2, 0.25) is 5.91 Å². The van der Waals surface area contributed by atoms with Gasteiger partial charge in [-0.2, -0.15) is 0 Å². The number of piperidine rings is 1. The van der Waals surface area contributed by atoms with Crippen LogP contribution >= 0.6 is 0 Å². The maximum Gasteiger partial charge on any atom is 0.220 e. The highest BCUT2D eigenvalue weighted by molar-refractivity contribution is 5.89. The van der Waals surface area contributed by atoms with Gasteiger partial charge in [-0.05, 0) is 56.3 Å². The molecule has 5 heteroatoms. The number of aryl methyl sites for hydroxylation is 1. The first kappa shape index (κ1) is 17.7. The van der Waals surface area contributed by atoms with Crippen LogP contribution in [-0.2, 0) is 4.79 Å². The van der Waals surface area contributed by atoms with Crippen LogP contribution in [0.2, 0.25) is 0 Å². The number of aromatic nitrogens is 1. The van der Waals surface area contributed by atoms with Gasteiger partial charge in [-0.1, -0.05) is 13.0 Å². The van der Waals surface area contributed by atoms with E-state index < -0.39 is 0 Å². The van der Waals surface area contributed by atoms with Gasteiger partial charge >= 0.3 is 0 Å². The molecule has 1 aromatic carbocycles. The summed E-state index contributed by atoms with van der Waals surface area (Å²) >= 11 is 0. The molecular weight excluding hydrogens is 314 g/mol. The van der Waals surface area contributed by atoms with Crippen molar-refractivity contribution < 1.29 is 9.90 Å². The molecule has 0 bridgehead atoms. The summed E-state index contributed by atoms with van der Waals surface area (Å²) in [6, 6.07) is 5.65. The van der Waals surface area contributed by atoms with E-state index in [1.54, 1.807) is 6.20 Å². The zero-order valence-electron chi connectivity index (χ0n) is 15.0. The number of carbonyl (C=O) groups is 1. The van der Waals surface area contributed by atoms with Gasteiger partial charge in [0.25, 0.3) is 0 Å². The van der Waals surface area contributed by atoms with E-state index in [1.807, 2.05) is 32.0 Å². The summed E-state index contributed by atoms with van der Waals surface area (Å²) in [5.41, 5.74) is 2.45. The third-order valence-electron chi connectivity index (χ3n) is 5.04. The third kappa shape index (κ3) is 3.76. The Morgan fingerprint density at radius 2 is 2.36 bits per heavy atom. The minimum atomic E-state index is -0.197. The lowest BCUT2D eigenvalue weighted by molar-refractivity contribution is -0.122. The fourth-order valence-electron chi connectivity index (χ4n) is 3.75. The first-order chi connectivity index (χ1) is 12.1. The molecule has 2 heterocycles. The average Bonchev–Trinajstić information content (AvgIpc) is 2.64. The van der Waals surface area contributed by atoms with Crippen molar-refractivity contribution in [3.8, 4) is 5.75 Å². The van der Waals surface area contributed by atoms with Crippen molar-refractivity contribution in [3.63, 3.8) is 0 Å². The van der Waals surface area contributed by atoms with Gasteiger partial charge in [-0.3, -0.25) is 9.78 Å². The molecule has 1 saturated heterocycles. The molecule has 1 amide bonds. The summed E-state index contributed by atoms with van der Waals surface area (Å²) in [6.45, 7) is 5.88. The molecule has 1 aromatic heterocycles. The van der Waals surface area contributed by atoms with Gasteiger partial charge in [0, 0.05) is 30.1 Å². The number of rotatable bonds is 5. The highest BCUT2D eigenvalue weighted by atomic mass is 16.3. The van der Waals surface area contributed by atoms with Crippen molar-refractivity contribution in [1.82, 2.24) is 15.6 Å². The molecule has 3 N–H and O–H groups in total. The number of aromatic hydroxyl groups is 1. The quantitative estimate of drug-likeness (QED) is 0.781. The van der Waals surface area contributed by atoms with E-state index in [2.05, 4.69) is 15.6 Å². The molecule has 3 rings (SSSR count). The van der Waals surface area contributed by atoms with Crippen molar-refractivity contribution >= 4 is 16.8 Å². The number of fused-ring (bicyclic) bond motifs is 1. The Hall–Kier alpha value is -2.14. The summed E-state index contributed by atoms with van der Waals surface area (Å²) in [6.07, 6.45) is 5.12. The first-order valence-electron chi connectivity index (χ1n) is 9.19. The largest absolute Gasteiger partial charge is 0.505 e. The van der Waals surface area contributed by atoms with Crippen LogP contribution in [0.3, 0.4) is 0 Å². The highest BCUT2D eigenvalue weighted by Gasteiger charge is 2.29. The number of phenolic OH excluding ortho intramolecular Hbond substituents is 1. The van der Waals surface area contributed by atoms with Crippen LogP contribution < -0.4 is 10.6 Å². The van der Waals surface area contributed by atoms with Gasteiger partial charge in [-0.15, -0.1) is 0 Å². The highest BCUT2D eigenvalue weighted by Crippen LogP contribution is 2.38. The standard InChI is InChI=1S/C20H27N3O2/c1-3-6-17(24)23-18(14-7-4-9-21-12-14)16-11-13(2)15-8-5-10-22-19(15)20(16)25/h5,8,10-11,14,18,21,25H,3-4,6-7,9,12H2,1-2H3,(H,23,24). The van der Waals surface area contributed by atoms with E-state index in [0.29, 0.717) is 11.9 Å². The summed E-state index contributed by atoms with van der Waals surface area (Å²) in [7, 11) is 0. The smallest absolute Gasteiger partial charge is 0.220 e. The molecule has 1 fully saturated rings. The number of phenols is 1. The molecule has 0 aliphatic carbocycles. The minimum Gasteiger partial charge on any atom is -0.505 e. The van der Waals surface area contributed by atoms with Gasteiger partial charge in [0.05, 0.1) is 6.04 Å². The number of hydrogen-bond acceptors (Lipinski definition) is 4. The molecule has 2 aromatic rings. The predicted octanol–water partition coefficient (Wildman–Crippen LogP) is 3.21. The number of nitrogens with one attached hydrogen (secondary N) is 2. The van der Waals surface area contributed by atoms with Gasteiger partial charge in [-0.25, -0.2) is 0 Å². The van der Waals surface area contributed by atoms with Crippen molar-refractivity contribution in [1.29, 1.82) is 0 Å². The second kappa shape index (κ2) is 7.83. The maximum atomic E-state index is 12.3. The van der Waals surface area contributed by atoms with Crippen LogP contribution in [0.5, 0.6) is 5.75 Å². The van der Waals surface area contributed by atoms with Crippen molar-refractivity contribution in [3.05, 3.63) is 35.5 Å². The Morgan fingerprint density at radius 1 is 1.52 bits per heavy atom. The van der Waals surface area contributed by atoms with Crippen LogP contribution in [-0.4, -0.2) is 29.1 Å². The molecule has 134 valence electrons. The zero-order valence-corrected chi connectivity index (χ0v) is 15.0. The van der Waals surface area contributed by atoms with Crippen LogP contribution in [0, 0.1) is 12.8 Å². The normalized spacial score (nSPS) is 18.9. The summed E-state index contributed by atoms with van der Waals surface area (Å²) in [5.74, 6) is 0.492. The lowest BCUT2D eigenvalue weighted by Gasteiger charge is -2.32. The van der Waals surface area contributed by atoms with Crippen LogP contribution in [0.25, 0.3) is 10.9 Å². The average molecular weight is 341 g/mol. The number of amides is 1. The summed E-state index contributed by atoms with van der Waals surface area (Å²) < 4.78 is 0. The zero-order chi connectivity index (χ0) is 17.8. The molecule has 1 aliphatic rings. The van der Waals surface area contributed by atoms with E-state index >= 15 is 0 Å². The molecule has 5 nitrogen and oxygen atoms in total. The Bertz CT molecular complexity index is 754. The van der Waals surface area contributed by atoms with Crippen molar-refractivity contribution in [2.75, 3.05) is 13.1 Å². The Kier molecular flexibility index (Phi) is 5.53. The van der Waals surface area contributed by atoms with Crippen LogP contribution in [0.15, 0.2) is 24.4 Å². The fraction of sp³-hybridized carbons (Fsp3) is 0.500. The molecule has 1 aliphatic heterocycles. The van der Waals surface area contributed by atoms with Crippen molar-refractivity contribution in [2.24, 2.45) is 5.92 Å². The SMILES string of the molecule is CCCC(=O)NC(c1cc(C)c2cccnc2c1O)C1CCCNC1. The fourth-order valence-corrected chi connectivity index (χ4v) is 3.75. The number of carbonyl (C=O) groups excluding carboxylic acids is 1. The topological polar surface area (TPSA) is 74.2 Å². The number of hydrogen-bond donors (Lipinski definition) is 3. The van der Waals surface area contributed by atoms with Crippen LogP contribution in [0.1, 0.15) is 49.8 Å². The van der Waals surface area contributed by atoms with E-state index in [-0.39, 0.29) is 23.6 Å². The summed E-state index contributed by atoms with van der Waals surface area (Å²) in [5, 5.41) is 18.4. The number of nitrogens with zero attached hydrogens (tertiary/aromatic N) is 1. The van der Waals surface area contributed by atoms with E-state index in [0.717, 1.165) is 48.9 Å². The number of pyridine rings is 1. The molecule has 25 heavy (non-hydrogen) atoms. The Balaban J connectivity index is 2.03. The van der Waals surface area contributed by atoms with Gasteiger partial charge in [0.15, 0.2) is 0 Å². The second-order valence-electron chi connectivity index (χ2n) is 6.93. The molecular formula is C20H27N3O2. The molecule has 0 spiro atoms. The molecule has 2 unspecified atom stereocenters. The third-order valence-corrected chi connectivity index (χ3v) is 5.04. The summed E-state index contributed by atoms with van der Waals surface area (Å²) in [4.78, 5) is 16.7. The predicted molar refractivity (Wildman–Crippen MR) is 99.5 cm³/mol. The molecule has 0 radical (unpaired) electrons. The first-order valence-corrected chi connectivity index (χ1v) is 9.19. The Morgan fingerprint density at radius 3 is 3.08 bits per heavy atom. The lowest BCUT2D eigenvalue weighted by Crippen LogP contribution is -2.40. The van der Waals surface area contributed by atoms with E-state index in [9.17, 15) is 9.90 Å².